The first-order chi connectivity index (χ1) is 13.6. The summed E-state index contributed by atoms with van der Waals surface area (Å²) in [5.74, 6) is -0.275. The van der Waals surface area contributed by atoms with Gasteiger partial charge in [0.2, 0.25) is 0 Å². The monoisotopic (exact) mass is 382 g/mol. The molecule has 2 aromatic rings. The molecule has 4 rings (SSSR count). The molecule has 0 bridgehead atoms. The van der Waals surface area contributed by atoms with Crippen LogP contribution in [-0.4, -0.2) is 47.8 Å². The normalized spacial score (nSPS) is 17.1. The number of fused-ring (bicyclic) bond motifs is 1. The lowest BCUT2D eigenvalue weighted by Gasteiger charge is -2.27. The van der Waals surface area contributed by atoms with Gasteiger partial charge in [-0.3, -0.25) is 14.5 Å². The minimum Gasteiger partial charge on any atom is -0.489 e. The Hall–Kier alpha value is -2.73. The Morgan fingerprint density at radius 3 is 2.32 bits per heavy atom. The van der Waals surface area contributed by atoms with Gasteiger partial charge in [0.15, 0.2) is 0 Å². The fourth-order valence-electron chi connectivity index (χ4n) is 3.73. The molecule has 2 heterocycles. The molecule has 2 aliphatic rings. The average molecular weight is 382 g/mol. The van der Waals surface area contributed by atoms with Crippen LogP contribution in [0.2, 0.25) is 0 Å². The van der Waals surface area contributed by atoms with Crippen molar-refractivity contribution >= 4 is 11.8 Å². The number of hydrogen-bond acceptors (Lipinski definition) is 4. The molecule has 1 saturated heterocycles. The number of carbonyl (C=O) groups excluding carboxylic acids is 2. The van der Waals surface area contributed by atoms with Gasteiger partial charge in [0, 0.05) is 13.1 Å². The second-order valence-electron chi connectivity index (χ2n) is 7.29. The highest BCUT2D eigenvalue weighted by atomic mass is 19.1. The molecule has 2 aromatic carbocycles. The van der Waals surface area contributed by atoms with Crippen molar-refractivity contribution in [2.75, 3.05) is 26.2 Å². The second-order valence-corrected chi connectivity index (χ2v) is 7.29. The Balaban J connectivity index is 1.40. The van der Waals surface area contributed by atoms with Crippen molar-refractivity contribution in [1.82, 2.24) is 9.80 Å². The molecular weight excluding hydrogens is 359 g/mol. The van der Waals surface area contributed by atoms with Crippen LogP contribution < -0.4 is 4.74 Å². The van der Waals surface area contributed by atoms with Crippen LogP contribution in [0.3, 0.4) is 0 Å². The molecule has 0 unspecified atom stereocenters. The van der Waals surface area contributed by atoms with E-state index in [1.807, 2.05) is 0 Å². The van der Waals surface area contributed by atoms with Gasteiger partial charge in [-0.15, -0.1) is 0 Å². The first kappa shape index (κ1) is 18.6. The Bertz CT molecular complexity index is 876. The summed E-state index contributed by atoms with van der Waals surface area (Å²) in [4.78, 5) is 29.0. The molecule has 146 valence electrons. The highest BCUT2D eigenvalue weighted by Gasteiger charge is 2.35. The largest absolute Gasteiger partial charge is 0.489 e. The van der Waals surface area contributed by atoms with Crippen LogP contribution in [0.25, 0.3) is 0 Å². The van der Waals surface area contributed by atoms with Crippen molar-refractivity contribution in [2.24, 2.45) is 0 Å². The topological polar surface area (TPSA) is 49.9 Å². The summed E-state index contributed by atoms with van der Waals surface area (Å²) in [6.07, 6.45) is 3.61. The number of amides is 2. The minimum atomic E-state index is -0.296. The predicted molar refractivity (Wildman–Crippen MR) is 103 cm³/mol. The zero-order valence-corrected chi connectivity index (χ0v) is 15.7. The summed E-state index contributed by atoms with van der Waals surface area (Å²) in [7, 11) is 0. The van der Waals surface area contributed by atoms with Crippen molar-refractivity contribution in [3.05, 3.63) is 65.0 Å². The standard InChI is InChI=1S/C22H23FN2O3/c23-17-6-4-16(5-7-17)15-28-18-8-9-19-20(14-18)22(27)25(21(19)26)13-12-24-10-2-1-3-11-24/h4-9,14H,1-3,10-13,15H2. The molecule has 28 heavy (non-hydrogen) atoms. The van der Waals surface area contributed by atoms with Crippen LogP contribution in [0.1, 0.15) is 45.5 Å². The maximum Gasteiger partial charge on any atom is 0.261 e. The van der Waals surface area contributed by atoms with E-state index >= 15 is 0 Å². The van der Waals surface area contributed by atoms with Gasteiger partial charge in [0.1, 0.15) is 18.2 Å². The Kier molecular flexibility index (Phi) is 5.39. The zero-order chi connectivity index (χ0) is 19.5. The molecule has 2 amide bonds. The predicted octanol–water partition coefficient (Wildman–Crippen LogP) is 3.49. The Morgan fingerprint density at radius 1 is 0.857 bits per heavy atom. The van der Waals surface area contributed by atoms with Gasteiger partial charge >= 0.3 is 0 Å². The van der Waals surface area contributed by atoms with Crippen molar-refractivity contribution in [3.8, 4) is 5.75 Å². The third-order valence-electron chi connectivity index (χ3n) is 5.35. The summed E-state index contributed by atoms with van der Waals surface area (Å²) in [6.45, 7) is 3.46. The van der Waals surface area contributed by atoms with E-state index in [0.29, 0.717) is 23.4 Å². The van der Waals surface area contributed by atoms with E-state index < -0.39 is 0 Å². The van der Waals surface area contributed by atoms with E-state index in [-0.39, 0.29) is 24.2 Å². The number of rotatable bonds is 6. The van der Waals surface area contributed by atoms with Crippen LogP contribution in [0.5, 0.6) is 5.75 Å². The van der Waals surface area contributed by atoms with Gasteiger partial charge < -0.3 is 9.64 Å². The molecule has 1 fully saturated rings. The van der Waals surface area contributed by atoms with E-state index in [1.54, 1.807) is 30.3 Å². The molecule has 0 saturated carbocycles. The maximum atomic E-state index is 13.0. The van der Waals surface area contributed by atoms with Crippen LogP contribution in [0, 0.1) is 5.82 Å². The third kappa shape index (κ3) is 3.92. The van der Waals surface area contributed by atoms with E-state index in [4.69, 9.17) is 4.74 Å². The van der Waals surface area contributed by atoms with Crippen LogP contribution in [0.15, 0.2) is 42.5 Å². The lowest BCUT2D eigenvalue weighted by atomic mass is 10.1. The lowest BCUT2D eigenvalue weighted by molar-refractivity contribution is 0.0631. The molecule has 0 N–H and O–H groups in total. The Labute approximate surface area is 163 Å². The SMILES string of the molecule is O=C1c2ccc(OCc3ccc(F)cc3)cc2C(=O)N1CCN1CCCCC1. The van der Waals surface area contributed by atoms with Crippen LogP contribution in [-0.2, 0) is 6.61 Å². The highest BCUT2D eigenvalue weighted by molar-refractivity contribution is 6.21. The summed E-state index contributed by atoms with van der Waals surface area (Å²) in [5, 5.41) is 0. The fourth-order valence-corrected chi connectivity index (χ4v) is 3.73. The number of ether oxygens (including phenoxy) is 1. The third-order valence-corrected chi connectivity index (χ3v) is 5.35. The van der Waals surface area contributed by atoms with E-state index in [1.165, 1.54) is 36.3 Å². The molecule has 0 aromatic heterocycles. The average Bonchev–Trinajstić information content (AvgIpc) is 2.96. The van der Waals surface area contributed by atoms with Gasteiger partial charge in [0.05, 0.1) is 11.1 Å². The second kappa shape index (κ2) is 8.10. The van der Waals surface area contributed by atoms with Crippen molar-refractivity contribution < 1.29 is 18.7 Å². The van der Waals surface area contributed by atoms with Gasteiger partial charge in [-0.2, -0.15) is 0 Å². The molecule has 0 aliphatic carbocycles. The molecule has 5 nitrogen and oxygen atoms in total. The Morgan fingerprint density at radius 2 is 1.57 bits per heavy atom. The van der Waals surface area contributed by atoms with Gasteiger partial charge in [0.25, 0.3) is 11.8 Å². The molecule has 2 aliphatic heterocycles. The quantitative estimate of drug-likeness (QED) is 0.718. The minimum absolute atomic E-state index is 0.234. The maximum absolute atomic E-state index is 13.0. The van der Waals surface area contributed by atoms with Crippen LogP contribution >= 0.6 is 0 Å². The smallest absolute Gasteiger partial charge is 0.261 e. The number of hydrogen-bond donors (Lipinski definition) is 0. The number of halogens is 1. The summed E-state index contributed by atoms with van der Waals surface area (Å²) in [6, 6.07) is 11.0. The first-order valence-electron chi connectivity index (χ1n) is 9.72. The van der Waals surface area contributed by atoms with E-state index in [2.05, 4.69) is 4.90 Å². The highest BCUT2D eigenvalue weighted by Crippen LogP contribution is 2.27. The summed E-state index contributed by atoms with van der Waals surface area (Å²) >= 11 is 0. The first-order valence-corrected chi connectivity index (χ1v) is 9.72. The number of nitrogens with zero attached hydrogens (tertiary/aromatic N) is 2. The zero-order valence-electron chi connectivity index (χ0n) is 15.7. The van der Waals surface area contributed by atoms with E-state index in [9.17, 15) is 14.0 Å². The van der Waals surface area contributed by atoms with E-state index in [0.717, 1.165) is 25.2 Å². The van der Waals surface area contributed by atoms with Gasteiger partial charge in [-0.25, -0.2) is 4.39 Å². The number of piperidine rings is 1. The summed E-state index contributed by atoms with van der Waals surface area (Å²) < 4.78 is 18.7. The molecule has 0 spiro atoms. The molecule has 0 atom stereocenters. The molecule has 6 heteroatoms. The van der Waals surface area contributed by atoms with Crippen molar-refractivity contribution in [3.63, 3.8) is 0 Å². The van der Waals surface area contributed by atoms with Crippen molar-refractivity contribution in [2.45, 2.75) is 25.9 Å². The van der Waals surface area contributed by atoms with Crippen LogP contribution in [0.4, 0.5) is 4.39 Å². The number of likely N-dealkylation sites (tertiary alicyclic amines) is 1. The van der Waals surface area contributed by atoms with Gasteiger partial charge in [-0.05, 0) is 61.8 Å². The fraction of sp³-hybridized carbons (Fsp3) is 0.364. The number of imide groups is 1. The number of carbonyl (C=O) groups is 2. The molecular formula is C22H23FN2O3. The summed E-state index contributed by atoms with van der Waals surface area (Å²) in [5.41, 5.74) is 1.64. The molecule has 0 radical (unpaired) electrons. The number of benzene rings is 2. The van der Waals surface area contributed by atoms with Crippen molar-refractivity contribution in [1.29, 1.82) is 0 Å². The van der Waals surface area contributed by atoms with Gasteiger partial charge in [-0.1, -0.05) is 18.6 Å². The lowest BCUT2D eigenvalue weighted by Crippen LogP contribution is -2.40.